The Kier molecular flexibility index (Phi) is 5.19. The van der Waals surface area contributed by atoms with E-state index in [1.54, 1.807) is 36.3 Å². The Hall–Kier alpha value is -2.60. The fraction of sp³-hybridized carbons (Fsp3) is 0.368. The van der Waals surface area contributed by atoms with Crippen LogP contribution in [0, 0.1) is 0 Å². The van der Waals surface area contributed by atoms with Crippen molar-refractivity contribution >= 4 is 11.8 Å². The van der Waals surface area contributed by atoms with Gasteiger partial charge in [-0.25, -0.2) is 0 Å². The van der Waals surface area contributed by atoms with Gasteiger partial charge in [0.15, 0.2) is 0 Å². The number of carbonyl (C=O) groups excluding carboxylic acids is 2. The molecule has 2 amide bonds. The van der Waals surface area contributed by atoms with Crippen molar-refractivity contribution in [2.24, 2.45) is 0 Å². The monoisotopic (exact) mass is 342 g/mol. The van der Waals surface area contributed by atoms with Crippen LogP contribution in [0.4, 0.5) is 0 Å². The van der Waals surface area contributed by atoms with Gasteiger partial charge in [0.25, 0.3) is 0 Å². The number of hydrogen-bond donors (Lipinski definition) is 0. The predicted octanol–water partition coefficient (Wildman–Crippen LogP) is 2.01. The number of furan rings is 1. The lowest BCUT2D eigenvalue weighted by molar-refractivity contribution is -0.147. The van der Waals surface area contributed by atoms with E-state index in [0.717, 1.165) is 11.1 Å². The molecule has 1 aliphatic rings. The maximum absolute atomic E-state index is 13.2. The number of carbonyl (C=O) groups is 2. The van der Waals surface area contributed by atoms with Gasteiger partial charge >= 0.3 is 0 Å². The summed E-state index contributed by atoms with van der Waals surface area (Å²) in [4.78, 5) is 29.0. The zero-order chi connectivity index (χ0) is 17.8. The summed E-state index contributed by atoms with van der Waals surface area (Å²) in [6, 6.07) is 10.6. The summed E-state index contributed by atoms with van der Waals surface area (Å²) in [6.45, 7) is 1.13. The molecular weight excluding hydrogens is 320 g/mol. The van der Waals surface area contributed by atoms with Gasteiger partial charge in [0.1, 0.15) is 11.8 Å². The SMILES string of the molecule is COCCN1C(=O)Cc2ccccc2[C@@H]1C(=O)N(C)Cc1ccco1. The third-order valence-corrected chi connectivity index (χ3v) is 4.44. The van der Waals surface area contributed by atoms with Crippen molar-refractivity contribution in [1.29, 1.82) is 0 Å². The minimum Gasteiger partial charge on any atom is -0.467 e. The van der Waals surface area contributed by atoms with Crippen LogP contribution in [0.2, 0.25) is 0 Å². The van der Waals surface area contributed by atoms with Gasteiger partial charge in [-0.1, -0.05) is 24.3 Å². The number of benzene rings is 1. The van der Waals surface area contributed by atoms with Crippen LogP contribution in [0.25, 0.3) is 0 Å². The minimum atomic E-state index is -0.632. The predicted molar refractivity (Wildman–Crippen MR) is 91.7 cm³/mol. The van der Waals surface area contributed by atoms with Gasteiger partial charge in [-0.3, -0.25) is 9.59 Å². The van der Waals surface area contributed by atoms with Crippen molar-refractivity contribution in [2.75, 3.05) is 27.3 Å². The Bertz CT molecular complexity index is 742. The summed E-state index contributed by atoms with van der Waals surface area (Å²) in [5.41, 5.74) is 1.79. The molecule has 2 heterocycles. The Balaban J connectivity index is 1.90. The highest BCUT2D eigenvalue weighted by Crippen LogP contribution is 2.32. The van der Waals surface area contributed by atoms with Gasteiger partial charge in [0, 0.05) is 20.7 Å². The second kappa shape index (κ2) is 7.53. The second-order valence-electron chi connectivity index (χ2n) is 6.13. The van der Waals surface area contributed by atoms with Gasteiger partial charge in [0.2, 0.25) is 11.8 Å². The molecule has 1 aliphatic heterocycles. The van der Waals surface area contributed by atoms with Gasteiger partial charge in [0.05, 0.1) is 25.8 Å². The molecule has 25 heavy (non-hydrogen) atoms. The standard InChI is InChI=1S/C19H22N2O4/c1-20(13-15-7-5-10-25-15)19(23)18-16-8-4-3-6-14(16)12-17(22)21(18)9-11-24-2/h3-8,10,18H,9,11-13H2,1-2H3/t18-/m1/s1. The zero-order valence-electron chi connectivity index (χ0n) is 14.5. The van der Waals surface area contributed by atoms with E-state index in [2.05, 4.69) is 0 Å². The van der Waals surface area contributed by atoms with E-state index in [0.29, 0.717) is 31.9 Å². The minimum absolute atomic E-state index is 0.0551. The van der Waals surface area contributed by atoms with Crippen LogP contribution in [0.1, 0.15) is 22.9 Å². The number of fused-ring (bicyclic) bond motifs is 1. The van der Waals surface area contributed by atoms with Crippen molar-refractivity contribution in [1.82, 2.24) is 9.80 Å². The lowest BCUT2D eigenvalue weighted by Crippen LogP contribution is -2.48. The molecule has 0 fully saturated rings. The summed E-state index contributed by atoms with van der Waals surface area (Å²) < 4.78 is 10.5. The molecular formula is C19H22N2O4. The maximum Gasteiger partial charge on any atom is 0.250 e. The average Bonchev–Trinajstić information content (AvgIpc) is 3.11. The number of nitrogens with zero attached hydrogens (tertiary/aromatic N) is 2. The molecule has 0 aliphatic carbocycles. The van der Waals surface area contributed by atoms with Crippen LogP contribution in [-0.2, 0) is 27.3 Å². The molecule has 0 N–H and O–H groups in total. The summed E-state index contributed by atoms with van der Waals surface area (Å²) >= 11 is 0. The Labute approximate surface area is 147 Å². The lowest BCUT2D eigenvalue weighted by Gasteiger charge is -2.37. The highest BCUT2D eigenvalue weighted by Gasteiger charge is 2.38. The molecule has 3 rings (SSSR count). The van der Waals surface area contributed by atoms with E-state index < -0.39 is 6.04 Å². The molecule has 1 aromatic heterocycles. The average molecular weight is 342 g/mol. The Morgan fingerprint density at radius 1 is 1.32 bits per heavy atom. The Morgan fingerprint density at radius 3 is 2.84 bits per heavy atom. The number of methoxy groups -OCH3 is 1. The number of likely N-dealkylation sites (N-methyl/N-ethyl adjacent to an activating group) is 1. The first-order valence-corrected chi connectivity index (χ1v) is 8.25. The maximum atomic E-state index is 13.2. The van der Waals surface area contributed by atoms with Gasteiger partial charge < -0.3 is 19.0 Å². The fourth-order valence-electron chi connectivity index (χ4n) is 3.17. The number of hydrogen-bond acceptors (Lipinski definition) is 4. The molecule has 6 heteroatoms. The van der Waals surface area contributed by atoms with Crippen molar-refractivity contribution in [2.45, 2.75) is 19.0 Å². The van der Waals surface area contributed by atoms with Crippen molar-refractivity contribution in [3.63, 3.8) is 0 Å². The van der Waals surface area contributed by atoms with Gasteiger partial charge in [-0.05, 0) is 23.3 Å². The van der Waals surface area contributed by atoms with Crippen LogP contribution >= 0.6 is 0 Å². The molecule has 0 unspecified atom stereocenters. The van der Waals surface area contributed by atoms with Crippen LogP contribution in [0.3, 0.4) is 0 Å². The molecule has 0 spiro atoms. The smallest absolute Gasteiger partial charge is 0.250 e. The van der Waals surface area contributed by atoms with E-state index in [4.69, 9.17) is 9.15 Å². The fourth-order valence-corrected chi connectivity index (χ4v) is 3.17. The highest BCUT2D eigenvalue weighted by atomic mass is 16.5. The van der Waals surface area contributed by atoms with Gasteiger partial charge in [-0.15, -0.1) is 0 Å². The van der Waals surface area contributed by atoms with E-state index in [9.17, 15) is 9.59 Å². The van der Waals surface area contributed by atoms with Crippen LogP contribution in [0.5, 0.6) is 0 Å². The molecule has 1 aromatic carbocycles. The van der Waals surface area contributed by atoms with Crippen LogP contribution in [-0.4, -0.2) is 48.9 Å². The first kappa shape index (κ1) is 17.2. The van der Waals surface area contributed by atoms with Crippen molar-refractivity contribution < 1.29 is 18.7 Å². The second-order valence-corrected chi connectivity index (χ2v) is 6.13. The molecule has 0 bridgehead atoms. The van der Waals surface area contributed by atoms with Crippen LogP contribution < -0.4 is 0 Å². The molecule has 1 atom stereocenters. The van der Waals surface area contributed by atoms with E-state index >= 15 is 0 Å². The molecule has 0 radical (unpaired) electrons. The Morgan fingerprint density at radius 2 is 2.12 bits per heavy atom. The number of amides is 2. The third kappa shape index (κ3) is 3.58. The molecule has 2 aromatic rings. The third-order valence-electron chi connectivity index (χ3n) is 4.44. The topological polar surface area (TPSA) is 63.0 Å². The van der Waals surface area contributed by atoms with E-state index in [1.165, 1.54) is 0 Å². The first-order chi connectivity index (χ1) is 12.1. The highest BCUT2D eigenvalue weighted by molar-refractivity contribution is 5.92. The molecule has 0 saturated heterocycles. The summed E-state index contributed by atoms with van der Waals surface area (Å²) in [7, 11) is 3.31. The summed E-state index contributed by atoms with van der Waals surface area (Å²) in [5.74, 6) is 0.517. The summed E-state index contributed by atoms with van der Waals surface area (Å²) in [5, 5.41) is 0. The van der Waals surface area contributed by atoms with Crippen molar-refractivity contribution in [3.05, 3.63) is 59.5 Å². The largest absolute Gasteiger partial charge is 0.467 e. The van der Waals surface area contributed by atoms with E-state index in [1.807, 2.05) is 30.3 Å². The molecule has 132 valence electrons. The summed E-state index contributed by atoms with van der Waals surface area (Å²) in [6.07, 6.45) is 1.89. The van der Waals surface area contributed by atoms with Crippen LogP contribution in [0.15, 0.2) is 47.1 Å². The van der Waals surface area contributed by atoms with Crippen molar-refractivity contribution in [3.8, 4) is 0 Å². The molecule has 0 saturated carbocycles. The quantitative estimate of drug-likeness (QED) is 0.806. The number of rotatable bonds is 6. The van der Waals surface area contributed by atoms with Gasteiger partial charge in [-0.2, -0.15) is 0 Å². The zero-order valence-corrected chi connectivity index (χ0v) is 14.5. The number of ether oxygens (including phenoxy) is 1. The normalized spacial score (nSPS) is 16.6. The lowest BCUT2D eigenvalue weighted by atomic mass is 9.91. The van der Waals surface area contributed by atoms with E-state index in [-0.39, 0.29) is 11.8 Å². The molecule has 6 nitrogen and oxygen atoms in total. The first-order valence-electron chi connectivity index (χ1n) is 8.25.